The molecule has 0 saturated heterocycles. The fraction of sp³-hybridized carbons (Fsp3) is 0.824. The third-order valence-corrected chi connectivity index (χ3v) is 5.48. The number of rotatable bonds is 9. The minimum atomic E-state index is 0.560. The molecular formula is C17H31N3S. The molecule has 1 aliphatic rings. The van der Waals surface area contributed by atoms with E-state index in [1.165, 1.54) is 35.0 Å². The number of anilines is 1. The van der Waals surface area contributed by atoms with Crippen LogP contribution in [0.2, 0.25) is 0 Å². The van der Waals surface area contributed by atoms with E-state index in [0.717, 1.165) is 31.5 Å². The number of thiazole rings is 1. The maximum atomic E-state index is 4.96. The fourth-order valence-corrected chi connectivity index (χ4v) is 3.41. The molecule has 1 fully saturated rings. The van der Waals surface area contributed by atoms with Gasteiger partial charge in [0.15, 0.2) is 5.13 Å². The summed E-state index contributed by atoms with van der Waals surface area (Å²) in [6, 6.07) is 0.763. The first kappa shape index (κ1) is 16.8. The van der Waals surface area contributed by atoms with Crippen LogP contribution in [0.5, 0.6) is 0 Å². The summed E-state index contributed by atoms with van der Waals surface area (Å²) in [6.07, 6.45) is 5.08. The van der Waals surface area contributed by atoms with E-state index in [-0.39, 0.29) is 0 Å². The summed E-state index contributed by atoms with van der Waals surface area (Å²) in [5.74, 6) is 1.31. The number of aromatic nitrogens is 1. The van der Waals surface area contributed by atoms with E-state index in [1.807, 2.05) is 11.3 Å². The first-order valence-electron chi connectivity index (χ1n) is 8.45. The van der Waals surface area contributed by atoms with Gasteiger partial charge in [-0.05, 0) is 37.5 Å². The lowest BCUT2D eigenvalue weighted by molar-refractivity contribution is 0.584. The SMILES string of the molecule is CCC(C)c1nc(N(C)CCC(C)C)sc1CNC1CC1. The van der Waals surface area contributed by atoms with Crippen LogP contribution < -0.4 is 10.2 Å². The highest BCUT2D eigenvalue weighted by Crippen LogP contribution is 2.32. The quantitative estimate of drug-likeness (QED) is 0.733. The van der Waals surface area contributed by atoms with Gasteiger partial charge in [0.05, 0.1) is 5.69 Å². The van der Waals surface area contributed by atoms with E-state index in [0.29, 0.717) is 5.92 Å². The number of nitrogens with one attached hydrogen (secondary N) is 1. The van der Waals surface area contributed by atoms with Gasteiger partial charge in [-0.15, -0.1) is 11.3 Å². The molecule has 120 valence electrons. The summed E-state index contributed by atoms with van der Waals surface area (Å²) in [7, 11) is 2.18. The molecule has 1 aliphatic carbocycles. The zero-order chi connectivity index (χ0) is 15.4. The van der Waals surface area contributed by atoms with Crippen molar-refractivity contribution in [2.75, 3.05) is 18.5 Å². The summed E-state index contributed by atoms with van der Waals surface area (Å²) in [5.41, 5.74) is 1.32. The first-order chi connectivity index (χ1) is 10.0. The Morgan fingerprint density at radius 1 is 1.33 bits per heavy atom. The maximum Gasteiger partial charge on any atom is 0.185 e. The van der Waals surface area contributed by atoms with Crippen molar-refractivity contribution in [2.24, 2.45) is 5.92 Å². The van der Waals surface area contributed by atoms with Gasteiger partial charge in [-0.2, -0.15) is 0 Å². The smallest absolute Gasteiger partial charge is 0.185 e. The summed E-state index contributed by atoms with van der Waals surface area (Å²) < 4.78 is 0. The van der Waals surface area contributed by atoms with Gasteiger partial charge in [0.25, 0.3) is 0 Å². The topological polar surface area (TPSA) is 28.2 Å². The second-order valence-corrected chi connectivity index (χ2v) is 7.94. The van der Waals surface area contributed by atoms with Crippen molar-refractivity contribution in [3.05, 3.63) is 10.6 Å². The highest BCUT2D eigenvalue weighted by Gasteiger charge is 2.23. The monoisotopic (exact) mass is 309 g/mol. The molecule has 0 spiro atoms. The molecular weight excluding hydrogens is 278 g/mol. The van der Waals surface area contributed by atoms with Crippen molar-refractivity contribution in [2.45, 2.75) is 71.9 Å². The maximum absolute atomic E-state index is 4.96. The van der Waals surface area contributed by atoms with E-state index < -0.39 is 0 Å². The average molecular weight is 310 g/mol. The first-order valence-corrected chi connectivity index (χ1v) is 9.27. The van der Waals surface area contributed by atoms with Crippen LogP contribution in [0.1, 0.15) is 69.9 Å². The second-order valence-electron chi connectivity index (χ2n) is 6.87. The average Bonchev–Trinajstić information content (AvgIpc) is 3.19. The zero-order valence-corrected chi connectivity index (χ0v) is 15.1. The van der Waals surface area contributed by atoms with Crippen molar-refractivity contribution < 1.29 is 0 Å². The molecule has 0 aromatic carbocycles. The van der Waals surface area contributed by atoms with Gasteiger partial charge < -0.3 is 10.2 Å². The van der Waals surface area contributed by atoms with E-state index >= 15 is 0 Å². The summed E-state index contributed by atoms with van der Waals surface area (Å²) >= 11 is 1.89. The lowest BCUT2D eigenvalue weighted by Crippen LogP contribution is -2.19. The lowest BCUT2D eigenvalue weighted by atomic mass is 10.0. The van der Waals surface area contributed by atoms with E-state index in [1.54, 1.807) is 0 Å². The Bertz CT molecular complexity index is 437. The molecule has 0 radical (unpaired) electrons. The zero-order valence-electron chi connectivity index (χ0n) is 14.3. The summed E-state index contributed by atoms with van der Waals surface area (Å²) in [4.78, 5) is 8.74. The molecule has 0 amide bonds. The minimum absolute atomic E-state index is 0.560. The normalized spacial score (nSPS) is 16.5. The van der Waals surface area contributed by atoms with Gasteiger partial charge >= 0.3 is 0 Å². The molecule has 1 aromatic heterocycles. The van der Waals surface area contributed by atoms with Crippen LogP contribution >= 0.6 is 11.3 Å². The van der Waals surface area contributed by atoms with Crippen molar-refractivity contribution in [3.63, 3.8) is 0 Å². The van der Waals surface area contributed by atoms with Gasteiger partial charge in [0.1, 0.15) is 0 Å². The van der Waals surface area contributed by atoms with Gasteiger partial charge in [-0.25, -0.2) is 4.98 Å². The molecule has 2 rings (SSSR count). The summed E-state index contributed by atoms with van der Waals surface area (Å²) in [5, 5.41) is 4.84. The van der Waals surface area contributed by atoms with Crippen LogP contribution in [0.25, 0.3) is 0 Å². The largest absolute Gasteiger partial charge is 0.351 e. The van der Waals surface area contributed by atoms with Crippen LogP contribution in [0.4, 0.5) is 5.13 Å². The van der Waals surface area contributed by atoms with Crippen LogP contribution in [0, 0.1) is 5.92 Å². The molecule has 4 heteroatoms. The van der Waals surface area contributed by atoms with Gasteiger partial charge in [0, 0.05) is 31.1 Å². The predicted octanol–water partition coefficient (Wildman–Crippen LogP) is 4.39. The van der Waals surface area contributed by atoms with Crippen LogP contribution in [0.3, 0.4) is 0 Å². The summed E-state index contributed by atoms with van der Waals surface area (Å²) in [6.45, 7) is 11.2. The molecule has 0 aliphatic heterocycles. The Labute approximate surface area is 134 Å². The second kappa shape index (κ2) is 7.59. The molecule has 1 saturated carbocycles. The van der Waals surface area contributed by atoms with Crippen molar-refractivity contribution in [1.82, 2.24) is 10.3 Å². The fourth-order valence-electron chi connectivity index (χ4n) is 2.29. The van der Waals surface area contributed by atoms with Gasteiger partial charge in [-0.1, -0.05) is 27.7 Å². The third-order valence-electron chi connectivity index (χ3n) is 4.29. The molecule has 1 atom stereocenters. The molecule has 1 N–H and O–H groups in total. The van der Waals surface area contributed by atoms with E-state index in [2.05, 4.69) is 45.0 Å². The molecule has 21 heavy (non-hydrogen) atoms. The Hall–Kier alpha value is -0.610. The molecule has 3 nitrogen and oxygen atoms in total. The Kier molecular flexibility index (Phi) is 6.06. The Morgan fingerprint density at radius 2 is 2.05 bits per heavy atom. The van der Waals surface area contributed by atoms with Crippen molar-refractivity contribution >= 4 is 16.5 Å². The molecule has 1 aromatic rings. The minimum Gasteiger partial charge on any atom is -0.351 e. The number of hydrogen-bond acceptors (Lipinski definition) is 4. The van der Waals surface area contributed by atoms with Crippen molar-refractivity contribution in [1.29, 1.82) is 0 Å². The number of hydrogen-bond donors (Lipinski definition) is 1. The highest BCUT2D eigenvalue weighted by molar-refractivity contribution is 7.15. The lowest BCUT2D eigenvalue weighted by Gasteiger charge is -2.16. The standard InChI is InChI=1S/C17H31N3S/c1-6-13(4)16-15(11-18-14-7-8-14)21-17(19-16)20(5)10-9-12(2)3/h12-14,18H,6-11H2,1-5H3. The predicted molar refractivity (Wildman–Crippen MR) is 93.4 cm³/mol. The van der Waals surface area contributed by atoms with Crippen LogP contribution in [-0.2, 0) is 6.54 Å². The van der Waals surface area contributed by atoms with Gasteiger partial charge in [0.2, 0.25) is 0 Å². The van der Waals surface area contributed by atoms with Crippen LogP contribution in [0.15, 0.2) is 0 Å². The Balaban J connectivity index is 2.05. The van der Waals surface area contributed by atoms with Crippen molar-refractivity contribution in [3.8, 4) is 0 Å². The Morgan fingerprint density at radius 3 is 2.62 bits per heavy atom. The molecule has 0 bridgehead atoms. The molecule has 1 unspecified atom stereocenters. The van der Waals surface area contributed by atoms with E-state index in [4.69, 9.17) is 4.98 Å². The number of nitrogens with zero attached hydrogens (tertiary/aromatic N) is 2. The van der Waals surface area contributed by atoms with Crippen LogP contribution in [-0.4, -0.2) is 24.6 Å². The molecule has 1 heterocycles. The van der Waals surface area contributed by atoms with Gasteiger partial charge in [-0.3, -0.25) is 0 Å². The third kappa shape index (κ3) is 4.96. The van der Waals surface area contributed by atoms with E-state index in [9.17, 15) is 0 Å². The highest BCUT2D eigenvalue weighted by atomic mass is 32.1.